The van der Waals surface area contributed by atoms with Gasteiger partial charge in [-0.25, -0.2) is 4.79 Å². The van der Waals surface area contributed by atoms with Gasteiger partial charge in [0.2, 0.25) is 0 Å². The SMILES string of the molecule is O=c1cc(NC2OC(CO)C(O)C(O)C2O)[nH]c(=O)[nH]1. The third-order valence-electron chi connectivity index (χ3n) is 2.95. The number of nitrogens with one attached hydrogen (secondary N) is 3. The maximum atomic E-state index is 11.1. The molecule has 1 aliphatic rings. The minimum Gasteiger partial charge on any atom is -0.394 e. The molecule has 10 heteroatoms. The van der Waals surface area contributed by atoms with E-state index < -0.39 is 48.5 Å². The minimum absolute atomic E-state index is 0.0388. The Balaban J connectivity index is 2.19. The fourth-order valence-corrected chi connectivity index (χ4v) is 1.92. The van der Waals surface area contributed by atoms with Crippen LogP contribution in [-0.2, 0) is 4.74 Å². The van der Waals surface area contributed by atoms with E-state index in [1.165, 1.54) is 0 Å². The van der Waals surface area contributed by atoms with Crippen LogP contribution in [0.3, 0.4) is 0 Å². The summed E-state index contributed by atoms with van der Waals surface area (Å²) in [7, 11) is 0. The van der Waals surface area contributed by atoms with Crippen LogP contribution in [0.2, 0.25) is 0 Å². The van der Waals surface area contributed by atoms with Gasteiger partial charge in [-0.05, 0) is 0 Å². The van der Waals surface area contributed by atoms with Gasteiger partial charge >= 0.3 is 5.69 Å². The molecule has 1 aromatic rings. The zero-order valence-electron chi connectivity index (χ0n) is 10.2. The molecule has 0 radical (unpaired) electrons. The van der Waals surface area contributed by atoms with E-state index in [0.717, 1.165) is 6.07 Å². The number of hydrogen-bond acceptors (Lipinski definition) is 8. The molecule has 0 aromatic carbocycles. The Morgan fingerprint density at radius 1 is 1.15 bits per heavy atom. The molecule has 1 aromatic heterocycles. The number of H-pyrrole nitrogens is 2. The van der Waals surface area contributed by atoms with Gasteiger partial charge in [0.15, 0.2) is 6.23 Å². The van der Waals surface area contributed by atoms with Crippen molar-refractivity contribution >= 4 is 5.82 Å². The number of aliphatic hydroxyl groups excluding tert-OH is 4. The molecule has 7 N–H and O–H groups in total. The Morgan fingerprint density at radius 2 is 1.85 bits per heavy atom. The maximum Gasteiger partial charge on any atom is 0.327 e. The third-order valence-corrected chi connectivity index (χ3v) is 2.95. The number of aromatic amines is 2. The van der Waals surface area contributed by atoms with Crippen molar-refractivity contribution in [1.82, 2.24) is 9.97 Å². The lowest BCUT2D eigenvalue weighted by Crippen LogP contribution is -2.60. The Morgan fingerprint density at radius 3 is 2.45 bits per heavy atom. The molecule has 5 unspecified atom stereocenters. The zero-order chi connectivity index (χ0) is 14.9. The molecule has 0 aliphatic carbocycles. The van der Waals surface area contributed by atoms with E-state index in [9.17, 15) is 24.9 Å². The fourth-order valence-electron chi connectivity index (χ4n) is 1.92. The highest BCUT2D eigenvalue weighted by Gasteiger charge is 2.43. The van der Waals surface area contributed by atoms with E-state index in [2.05, 4.69) is 10.3 Å². The number of rotatable bonds is 3. The predicted octanol–water partition coefficient (Wildman–Crippen LogP) is -3.72. The molecule has 0 spiro atoms. The van der Waals surface area contributed by atoms with Gasteiger partial charge in [0.05, 0.1) is 6.61 Å². The lowest BCUT2D eigenvalue weighted by molar-refractivity contribution is -0.221. The molecule has 1 fully saturated rings. The van der Waals surface area contributed by atoms with Crippen molar-refractivity contribution < 1.29 is 25.2 Å². The van der Waals surface area contributed by atoms with E-state index >= 15 is 0 Å². The average Bonchev–Trinajstić information content (AvgIpc) is 2.38. The van der Waals surface area contributed by atoms with E-state index in [0.29, 0.717) is 0 Å². The maximum absolute atomic E-state index is 11.1. The third kappa shape index (κ3) is 2.89. The Hall–Kier alpha value is -1.72. The van der Waals surface area contributed by atoms with Crippen LogP contribution in [0.5, 0.6) is 0 Å². The smallest absolute Gasteiger partial charge is 0.327 e. The number of hydrogen-bond donors (Lipinski definition) is 7. The van der Waals surface area contributed by atoms with Crippen molar-refractivity contribution in [2.75, 3.05) is 11.9 Å². The fraction of sp³-hybridized carbons (Fsp3) is 0.600. The highest BCUT2D eigenvalue weighted by Crippen LogP contribution is 2.21. The first-order valence-corrected chi connectivity index (χ1v) is 5.83. The second-order valence-electron chi connectivity index (χ2n) is 4.40. The normalized spacial score (nSPS) is 33.9. The first-order valence-electron chi connectivity index (χ1n) is 5.83. The quantitative estimate of drug-likeness (QED) is 0.298. The molecule has 0 saturated carbocycles. The highest BCUT2D eigenvalue weighted by atomic mass is 16.6. The highest BCUT2D eigenvalue weighted by molar-refractivity contribution is 5.33. The summed E-state index contributed by atoms with van der Waals surface area (Å²) in [6, 6.07) is 1.02. The van der Waals surface area contributed by atoms with Crippen LogP contribution in [0.25, 0.3) is 0 Å². The van der Waals surface area contributed by atoms with Gasteiger partial charge in [0.1, 0.15) is 30.2 Å². The molecule has 20 heavy (non-hydrogen) atoms. The number of anilines is 1. The summed E-state index contributed by atoms with van der Waals surface area (Å²) in [6.07, 6.45) is -6.85. The van der Waals surface area contributed by atoms with Gasteiger partial charge in [-0.15, -0.1) is 0 Å². The van der Waals surface area contributed by atoms with Crippen LogP contribution in [0.4, 0.5) is 5.82 Å². The van der Waals surface area contributed by atoms with Crippen LogP contribution in [-0.4, -0.2) is 67.6 Å². The molecule has 1 aliphatic heterocycles. The number of aromatic nitrogens is 2. The van der Waals surface area contributed by atoms with Crippen LogP contribution >= 0.6 is 0 Å². The molecule has 5 atom stereocenters. The monoisotopic (exact) mass is 289 g/mol. The summed E-state index contributed by atoms with van der Waals surface area (Å²) in [5.41, 5.74) is -1.43. The van der Waals surface area contributed by atoms with Gasteiger partial charge in [-0.1, -0.05) is 0 Å². The molecular formula is C10H15N3O7. The van der Waals surface area contributed by atoms with Crippen molar-refractivity contribution in [3.05, 3.63) is 26.9 Å². The molecule has 0 amide bonds. The predicted molar refractivity (Wildman–Crippen MR) is 65.1 cm³/mol. The van der Waals surface area contributed by atoms with Crippen LogP contribution in [0.15, 0.2) is 15.7 Å². The van der Waals surface area contributed by atoms with Crippen LogP contribution < -0.4 is 16.6 Å². The summed E-state index contributed by atoms with van der Waals surface area (Å²) in [5.74, 6) is -0.0388. The number of aliphatic hydroxyl groups is 4. The van der Waals surface area contributed by atoms with Gasteiger partial charge in [-0.2, -0.15) is 0 Å². The topological polar surface area (TPSA) is 168 Å². The molecule has 2 heterocycles. The van der Waals surface area contributed by atoms with Crippen molar-refractivity contribution in [2.24, 2.45) is 0 Å². The van der Waals surface area contributed by atoms with Gasteiger partial charge < -0.3 is 30.5 Å². The van der Waals surface area contributed by atoms with Crippen LogP contribution in [0.1, 0.15) is 0 Å². The second-order valence-corrected chi connectivity index (χ2v) is 4.40. The van der Waals surface area contributed by atoms with Gasteiger partial charge in [0.25, 0.3) is 5.56 Å². The summed E-state index contributed by atoms with van der Waals surface area (Å²) in [5, 5.41) is 40.5. The standard InChI is InChI=1S/C10H15N3O7/c14-2-3-6(16)7(17)8(18)9(20-3)11-4-1-5(15)13-10(19)12-4/h1,3,6-9,14,16-18H,2H2,(H3,11,12,13,15,19). The van der Waals surface area contributed by atoms with Crippen molar-refractivity contribution in [3.8, 4) is 0 Å². The second kappa shape index (κ2) is 5.73. The van der Waals surface area contributed by atoms with E-state index in [1.54, 1.807) is 0 Å². The average molecular weight is 289 g/mol. The summed E-state index contributed by atoms with van der Waals surface area (Å²) in [6.45, 7) is -0.574. The first kappa shape index (κ1) is 14.7. The van der Waals surface area contributed by atoms with Gasteiger partial charge in [0, 0.05) is 6.07 Å². The molecule has 112 valence electrons. The molecule has 2 rings (SSSR count). The summed E-state index contributed by atoms with van der Waals surface area (Å²) >= 11 is 0. The van der Waals surface area contributed by atoms with E-state index in [-0.39, 0.29) is 5.82 Å². The van der Waals surface area contributed by atoms with Crippen molar-refractivity contribution in [1.29, 1.82) is 0 Å². The summed E-state index contributed by atoms with van der Waals surface area (Å²) in [4.78, 5) is 26.4. The minimum atomic E-state index is -1.55. The van der Waals surface area contributed by atoms with Crippen molar-refractivity contribution in [3.63, 3.8) is 0 Å². The van der Waals surface area contributed by atoms with Crippen LogP contribution in [0, 0.1) is 0 Å². The Bertz CT molecular complexity index is 540. The number of ether oxygens (including phenoxy) is 1. The lowest BCUT2D eigenvalue weighted by Gasteiger charge is -2.40. The molecule has 1 saturated heterocycles. The zero-order valence-corrected chi connectivity index (χ0v) is 10.2. The Labute approximate surface area is 111 Å². The Kier molecular flexibility index (Phi) is 4.20. The van der Waals surface area contributed by atoms with Gasteiger partial charge in [-0.3, -0.25) is 14.8 Å². The van der Waals surface area contributed by atoms with E-state index in [4.69, 9.17) is 9.84 Å². The largest absolute Gasteiger partial charge is 0.394 e. The lowest BCUT2D eigenvalue weighted by atomic mass is 9.98. The summed E-state index contributed by atoms with van der Waals surface area (Å²) < 4.78 is 5.16. The van der Waals surface area contributed by atoms with E-state index in [1.807, 2.05) is 4.98 Å². The molecular weight excluding hydrogens is 274 g/mol. The molecule has 0 bridgehead atoms. The first-order chi connectivity index (χ1) is 9.42. The van der Waals surface area contributed by atoms with Crippen molar-refractivity contribution in [2.45, 2.75) is 30.6 Å². The molecule has 10 nitrogen and oxygen atoms in total.